The van der Waals surface area contributed by atoms with Crippen LogP contribution in [0.3, 0.4) is 0 Å². The molecular formula is C23H27NO6. The lowest BCUT2D eigenvalue weighted by Crippen LogP contribution is -2.47. The van der Waals surface area contributed by atoms with Crippen LogP contribution in [0.1, 0.15) is 33.3 Å². The van der Waals surface area contributed by atoms with E-state index < -0.39 is 36.1 Å². The molecule has 0 radical (unpaired) electrons. The summed E-state index contributed by atoms with van der Waals surface area (Å²) >= 11 is 0. The molecule has 0 amide bonds. The number of hydroxylamine groups is 1. The van der Waals surface area contributed by atoms with Crippen molar-refractivity contribution < 1.29 is 28.4 Å². The molecule has 2 aromatic rings. The molecule has 0 unspecified atom stereocenters. The van der Waals surface area contributed by atoms with Gasteiger partial charge in [-0.2, -0.15) is 0 Å². The van der Waals surface area contributed by atoms with Crippen molar-refractivity contribution in [1.82, 2.24) is 0 Å². The Bertz CT molecular complexity index is 981. The zero-order valence-electron chi connectivity index (χ0n) is 17.6. The number of nitrogens with zero attached hydrogens (tertiary/aromatic N) is 1. The number of fused-ring (bicyclic) bond motifs is 2. The number of hydrogen-bond acceptors (Lipinski definition) is 6. The number of ether oxygens (including phenoxy) is 5. The zero-order chi connectivity index (χ0) is 21.1. The van der Waals surface area contributed by atoms with Crippen LogP contribution in [-0.4, -0.2) is 59.8 Å². The highest BCUT2D eigenvalue weighted by Gasteiger charge is 2.62. The van der Waals surface area contributed by atoms with Crippen LogP contribution in [-0.2, 0) is 23.7 Å². The number of rotatable bonds is 3. The number of hydrogen-bond donors (Lipinski definition) is 0. The molecule has 3 heterocycles. The largest absolute Gasteiger partial charge is 0.623 e. The third-order valence-corrected chi connectivity index (χ3v) is 5.83. The zero-order valence-corrected chi connectivity index (χ0v) is 17.6. The summed E-state index contributed by atoms with van der Waals surface area (Å²) in [6.45, 7) is 7.69. The monoisotopic (exact) mass is 413 g/mol. The number of benzene rings is 2. The Morgan fingerprint density at radius 3 is 2.47 bits per heavy atom. The van der Waals surface area contributed by atoms with Crippen LogP contribution in [0, 0.1) is 5.21 Å². The molecule has 160 valence electrons. The lowest BCUT2D eigenvalue weighted by Gasteiger charge is -2.28. The molecule has 7 nitrogen and oxygen atoms in total. The van der Waals surface area contributed by atoms with Crippen LogP contribution in [0.5, 0.6) is 0 Å². The fourth-order valence-electron chi connectivity index (χ4n) is 4.58. The minimum Gasteiger partial charge on any atom is -0.623 e. The SMILES string of the molecule is CC1(C)O[C@H]2O[C@H]([C@H]3COC(C)(C)O3)[C@@H](/[N+]([O-])=C/c3cccc4ccccc34)[C@H]2O1. The first-order valence-corrected chi connectivity index (χ1v) is 10.3. The normalized spacial score (nSPS) is 35.1. The molecule has 0 saturated carbocycles. The van der Waals surface area contributed by atoms with Crippen molar-refractivity contribution >= 4 is 17.0 Å². The van der Waals surface area contributed by atoms with E-state index in [-0.39, 0.29) is 6.10 Å². The van der Waals surface area contributed by atoms with E-state index in [1.54, 1.807) is 6.21 Å². The van der Waals surface area contributed by atoms with Gasteiger partial charge in [0, 0.05) is 5.56 Å². The van der Waals surface area contributed by atoms with Crippen LogP contribution < -0.4 is 0 Å². The van der Waals surface area contributed by atoms with Crippen molar-refractivity contribution in [2.45, 2.75) is 69.9 Å². The molecule has 3 fully saturated rings. The van der Waals surface area contributed by atoms with Gasteiger partial charge in [-0.3, -0.25) is 0 Å². The van der Waals surface area contributed by atoms with Crippen LogP contribution in [0.4, 0.5) is 0 Å². The Balaban J connectivity index is 1.51. The Morgan fingerprint density at radius 1 is 0.933 bits per heavy atom. The lowest BCUT2D eigenvalue weighted by molar-refractivity contribution is -0.516. The van der Waals surface area contributed by atoms with Gasteiger partial charge in [-0.1, -0.05) is 36.4 Å². The Hall–Kier alpha value is -2.03. The third-order valence-electron chi connectivity index (χ3n) is 5.83. The van der Waals surface area contributed by atoms with Crippen LogP contribution in [0.2, 0.25) is 0 Å². The van der Waals surface area contributed by atoms with Gasteiger partial charge in [0.25, 0.3) is 0 Å². The lowest BCUT2D eigenvalue weighted by atomic mass is 10.0. The van der Waals surface area contributed by atoms with Crippen LogP contribution >= 0.6 is 0 Å². The summed E-state index contributed by atoms with van der Waals surface area (Å²) < 4.78 is 30.8. The van der Waals surface area contributed by atoms with E-state index in [9.17, 15) is 5.21 Å². The summed E-state index contributed by atoms with van der Waals surface area (Å²) in [5.41, 5.74) is 0.840. The first kappa shape index (κ1) is 19.9. The molecule has 0 N–H and O–H groups in total. The summed E-state index contributed by atoms with van der Waals surface area (Å²) in [5, 5.41) is 15.6. The second-order valence-electron chi connectivity index (χ2n) is 8.98. The molecule has 0 aliphatic carbocycles. The van der Waals surface area contributed by atoms with E-state index >= 15 is 0 Å². The van der Waals surface area contributed by atoms with Crippen molar-refractivity contribution in [1.29, 1.82) is 0 Å². The topological polar surface area (TPSA) is 72.2 Å². The maximum absolute atomic E-state index is 13.5. The molecule has 5 rings (SSSR count). The molecule has 3 aliphatic rings. The van der Waals surface area contributed by atoms with Crippen molar-refractivity contribution in [2.75, 3.05) is 6.61 Å². The molecule has 0 bridgehead atoms. The van der Waals surface area contributed by atoms with Gasteiger partial charge in [0.15, 0.2) is 36.3 Å². The fourth-order valence-corrected chi connectivity index (χ4v) is 4.58. The van der Waals surface area contributed by atoms with Crippen molar-refractivity contribution in [2.24, 2.45) is 0 Å². The first-order valence-electron chi connectivity index (χ1n) is 10.3. The van der Waals surface area contributed by atoms with Crippen molar-refractivity contribution in [3.63, 3.8) is 0 Å². The minimum absolute atomic E-state index is 0.346. The highest BCUT2D eigenvalue weighted by atomic mass is 16.8. The van der Waals surface area contributed by atoms with E-state index in [0.717, 1.165) is 21.1 Å². The predicted octanol–water partition coefficient (Wildman–Crippen LogP) is 3.17. The maximum atomic E-state index is 13.5. The van der Waals surface area contributed by atoms with Gasteiger partial charge in [0.2, 0.25) is 6.04 Å². The van der Waals surface area contributed by atoms with Gasteiger partial charge in [-0.25, -0.2) is 4.74 Å². The highest BCUT2D eigenvalue weighted by molar-refractivity contribution is 5.98. The molecule has 2 aromatic carbocycles. The second-order valence-corrected chi connectivity index (χ2v) is 8.98. The highest BCUT2D eigenvalue weighted by Crippen LogP contribution is 2.41. The Morgan fingerprint density at radius 2 is 1.70 bits per heavy atom. The van der Waals surface area contributed by atoms with E-state index in [2.05, 4.69) is 0 Å². The molecule has 3 saturated heterocycles. The van der Waals surface area contributed by atoms with Gasteiger partial charge >= 0.3 is 0 Å². The summed E-state index contributed by atoms with van der Waals surface area (Å²) in [6.07, 6.45) is -0.466. The maximum Gasteiger partial charge on any atom is 0.222 e. The third kappa shape index (κ3) is 3.50. The second kappa shape index (κ2) is 7.00. The fraction of sp³-hybridized carbons (Fsp3) is 0.522. The standard InChI is InChI=1S/C23H27NO6/c1-22(2)26-13-17(28-22)19-18(20-21(27-19)30-23(3,4)29-20)24(25)12-15-10-7-9-14-8-5-6-11-16(14)15/h5-12,17-21H,13H2,1-4H3/b24-12-/t17-,18-,19-,20-,21-/m1/s1. The summed E-state index contributed by atoms with van der Waals surface area (Å²) in [4.78, 5) is 0. The molecule has 30 heavy (non-hydrogen) atoms. The van der Waals surface area contributed by atoms with E-state index in [1.165, 1.54) is 0 Å². The van der Waals surface area contributed by atoms with Gasteiger partial charge < -0.3 is 28.9 Å². The summed E-state index contributed by atoms with van der Waals surface area (Å²) in [6, 6.07) is 13.3. The van der Waals surface area contributed by atoms with Gasteiger partial charge in [-0.15, -0.1) is 0 Å². The molecule has 5 atom stereocenters. The molecule has 0 aromatic heterocycles. The van der Waals surface area contributed by atoms with E-state index in [0.29, 0.717) is 6.61 Å². The van der Waals surface area contributed by atoms with Gasteiger partial charge in [-0.05, 0) is 44.5 Å². The van der Waals surface area contributed by atoms with Crippen molar-refractivity contribution in [3.05, 3.63) is 53.2 Å². The first-order chi connectivity index (χ1) is 14.2. The average molecular weight is 413 g/mol. The molecule has 7 heteroatoms. The quantitative estimate of drug-likeness (QED) is 0.333. The predicted molar refractivity (Wildman–Crippen MR) is 110 cm³/mol. The Kier molecular flexibility index (Phi) is 4.65. The average Bonchev–Trinajstić information content (AvgIpc) is 3.30. The summed E-state index contributed by atoms with van der Waals surface area (Å²) in [5.74, 6) is -1.53. The Labute approximate surface area is 175 Å². The summed E-state index contributed by atoms with van der Waals surface area (Å²) in [7, 11) is 0. The van der Waals surface area contributed by atoms with Crippen LogP contribution in [0.15, 0.2) is 42.5 Å². The molecule has 3 aliphatic heterocycles. The van der Waals surface area contributed by atoms with Gasteiger partial charge in [0.05, 0.1) is 6.61 Å². The minimum atomic E-state index is -0.814. The smallest absolute Gasteiger partial charge is 0.222 e. The van der Waals surface area contributed by atoms with Crippen LogP contribution in [0.25, 0.3) is 10.8 Å². The van der Waals surface area contributed by atoms with Crippen molar-refractivity contribution in [3.8, 4) is 0 Å². The molecular weight excluding hydrogens is 386 g/mol. The molecule has 0 spiro atoms. The van der Waals surface area contributed by atoms with Gasteiger partial charge in [0.1, 0.15) is 6.10 Å². The van der Waals surface area contributed by atoms with E-state index in [4.69, 9.17) is 23.7 Å². The van der Waals surface area contributed by atoms with E-state index in [1.807, 2.05) is 70.2 Å².